The first-order valence-electron chi connectivity index (χ1n) is 29.1. The Hall–Kier alpha value is -6.89. The zero-order chi connectivity index (χ0) is 63.1. The van der Waals surface area contributed by atoms with Crippen molar-refractivity contribution in [3.05, 3.63) is 65.7 Å². The first kappa shape index (κ1) is 71.4. The Morgan fingerprint density at radius 2 is 1.38 bits per heavy atom. The van der Waals surface area contributed by atoms with Gasteiger partial charge in [0.15, 0.2) is 0 Å². The lowest BCUT2D eigenvalue weighted by atomic mass is 9.89. The second-order valence-corrected chi connectivity index (χ2v) is 23.0. The number of rotatable bonds is 33. The van der Waals surface area contributed by atoms with Crippen LogP contribution in [0.3, 0.4) is 0 Å². The van der Waals surface area contributed by atoms with E-state index in [0.29, 0.717) is 42.6 Å². The molecule has 0 bridgehead atoms. The maximum absolute atomic E-state index is 14.7. The predicted octanol–water partition coefficient (Wildman–Crippen LogP) is 3.58. The van der Waals surface area contributed by atoms with E-state index >= 15 is 0 Å². The molecule has 24 heteroatoms. The Kier molecular flexibility index (Phi) is 29.6. The van der Waals surface area contributed by atoms with Crippen LogP contribution in [0.1, 0.15) is 125 Å². The van der Waals surface area contributed by atoms with Gasteiger partial charge in [-0.3, -0.25) is 38.5 Å². The number of anilines is 1. The van der Waals surface area contributed by atoms with E-state index in [1.807, 2.05) is 32.0 Å². The van der Waals surface area contributed by atoms with Crippen LogP contribution in [-0.2, 0) is 54.4 Å². The Balaban J connectivity index is 1.71. The number of hydrogen-bond donors (Lipinski definition) is 9. The van der Waals surface area contributed by atoms with Crippen LogP contribution in [0.2, 0.25) is 0 Å². The highest BCUT2D eigenvalue weighted by Crippen LogP contribution is 2.30. The molecule has 0 saturated carbocycles. The van der Waals surface area contributed by atoms with Crippen molar-refractivity contribution in [3.8, 4) is 0 Å². The molecule has 2 aromatic carbocycles. The molecule has 24 nitrogen and oxygen atoms in total. The molecule has 3 rings (SSSR count). The van der Waals surface area contributed by atoms with Crippen LogP contribution in [0.15, 0.2) is 54.6 Å². The number of aliphatic hydroxyl groups is 2. The number of hydrogen-bond acceptors (Lipinski definition) is 14. The van der Waals surface area contributed by atoms with Crippen molar-refractivity contribution < 1.29 is 67.6 Å². The normalized spacial score (nSPS) is 17.2. The first-order valence-corrected chi connectivity index (χ1v) is 29.1. The number of benzene rings is 2. The van der Waals surface area contributed by atoms with Gasteiger partial charge in [-0.2, -0.15) is 0 Å². The molecule has 0 aliphatic carbocycles. The molecule has 0 radical (unpaired) electrons. The highest BCUT2D eigenvalue weighted by atomic mass is 16.6. The number of primary amides is 1. The number of urea groups is 1. The fourth-order valence-corrected chi connectivity index (χ4v) is 10.7. The summed E-state index contributed by atoms with van der Waals surface area (Å²) in [6, 6.07) is 8.71. The molecule has 84 heavy (non-hydrogen) atoms. The summed E-state index contributed by atoms with van der Waals surface area (Å²) in [5.74, 6) is -5.67. The van der Waals surface area contributed by atoms with E-state index in [4.69, 9.17) is 19.9 Å². The minimum Gasteiger partial charge on any atom is -0.445 e. The third-order valence-corrected chi connectivity index (χ3v) is 15.7. The molecule has 1 unspecified atom stereocenters. The van der Waals surface area contributed by atoms with Gasteiger partial charge in [0.2, 0.25) is 41.4 Å². The third kappa shape index (κ3) is 20.7. The second kappa shape index (κ2) is 34.8. The number of nitrogens with one attached hydrogen (secondary N) is 6. The number of amides is 10. The molecular weight excluding hydrogens is 1080 g/mol. The summed E-state index contributed by atoms with van der Waals surface area (Å²) in [5.41, 5.74) is 6.71. The van der Waals surface area contributed by atoms with E-state index in [2.05, 4.69) is 31.9 Å². The van der Waals surface area contributed by atoms with Crippen LogP contribution in [0, 0.1) is 29.6 Å². The largest absolute Gasteiger partial charge is 0.445 e. The highest BCUT2D eigenvalue weighted by molar-refractivity contribution is 5.98. The van der Waals surface area contributed by atoms with Gasteiger partial charge in [0.1, 0.15) is 37.4 Å². The smallest absolute Gasteiger partial charge is 0.410 e. The van der Waals surface area contributed by atoms with Crippen LogP contribution >= 0.6 is 0 Å². The summed E-state index contributed by atoms with van der Waals surface area (Å²) >= 11 is 0. The van der Waals surface area contributed by atoms with Crippen LogP contribution < -0.4 is 37.6 Å². The van der Waals surface area contributed by atoms with E-state index in [-0.39, 0.29) is 50.1 Å². The van der Waals surface area contributed by atoms with E-state index in [0.717, 1.165) is 0 Å². The maximum atomic E-state index is 14.7. The molecule has 2 aromatic rings. The monoisotopic (exact) mass is 1180 g/mol. The van der Waals surface area contributed by atoms with Crippen molar-refractivity contribution in [1.82, 2.24) is 41.3 Å². The van der Waals surface area contributed by atoms with Crippen LogP contribution in [0.5, 0.6) is 0 Å². The van der Waals surface area contributed by atoms with Gasteiger partial charge in [-0.15, -0.1) is 0 Å². The van der Waals surface area contributed by atoms with Crippen molar-refractivity contribution >= 4 is 59.2 Å². The minimum atomic E-state index is -1.11. The van der Waals surface area contributed by atoms with Gasteiger partial charge in [-0.25, -0.2) is 9.59 Å². The van der Waals surface area contributed by atoms with Crippen molar-refractivity contribution in [3.63, 3.8) is 0 Å². The summed E-state index contributed by atoms with van der Waals surface area (Å²) in [6.07, 6.45) is -1.02. The molecular formula is C60H96N10O14. The van der Waals surface area contributed by atoms with Crippen molar-refractivity contribution in [2.75, 3.05) is 53.3 Å². The molecule has 0 spiro atoms. The SMILES string of the molecule is CC[C@H](C)C([C@@H](CC(=O)N1CCC[C@H]1[C@H](OC)[C@@H](C)C(=O)N[C@H](C)[C@@H](O)c1ccccc1)OC)N(C)C(=O)[C@@H](NC(=O)[C@H](C(C)C)N(C)C(=O)OCc1ccc(NC(=O)[C@H](CCCNC(N)=O)NC(=O)[C@@H](NC(=O)CO)C(C)C)cc1)C(C)C. The van der Waals surface area contributed by atoms with Gasteiger partial charge >= 0.3 is 12.1 Å². The molecule has 1 heterocycles. The Labute approximate surface area is 495 Å². The number of methoxy groups -OCH3 is 2. The summed E-state index contributed by atoms with van der Waals surface area (Å²) < 4.78 is 17.7. The molecule has 0 aromatic heterocycles. The van der Waals surface area contributed by atoms with E-state index in [1.165, 1.54) is 26.2 Å². The molecule has 12 atom stereocenters. The quantitative estimate of drug-likeness (QED) is 0.0462. The number of ether oxygens (including phenoxy) is 3. The van der Waals surface area contributed by atoms with Gasteiger partial charge < -0.3 is 71.9 Å². The van der Waals surface area contributed by atoms with Crippen molar-refractivity contribution in [2.24, 2.45) is 35.3 Å². The Morgan fingerprint density at radius 1 is 0.750 bits per heavy atom. The van der Waals surface area contributed by atoms with Crippen molar-refractivity contribution in [1.29, 1.82) is 0 Å². The second-order valence-electron chi connectivity index (χ2n) is 23.0. The summed E-state index contributed by atoms with van der Waals surface area (Å²) in [5, 5.41) is 36.3. The minimum absolute atomic E-state index is 0.0865. The molecule has 1 aliphatic heterocycles. The van der Waals surface area contributed by atoms with Gasteiger partial charge in [-0.05, 0) is 79.5 Å². The molecule has 1 fully saturated rings. The molecule has 1 aliphatic rings. The standard InChI is InChI=1S/C60H96N10O14/c1-15-37(8)51(45(82-13)31-47(73)70-30-20-24-44(70)53(83-14)38(9)54(75)63-39(10)52(74)41-21-17-16-18-22-41)68(11)58(79)49(35(4)5)67-57(78)50(36(6)7)69(12)60(81)84-33-40-25-27-42(28-26-40)64-55(76)43(23-19-29-62-59(61)80)65-56(77)48(34(2)3)66-46(72)32-71/h16-18,21-22,25-28,34-39,43-45,48-53,71,74H,15,19-20,23-24,29-33H2,1-14H3,(H,63,75)(H,64,76)(H,65,77)(H,66,72)(H,67,78)(H3,61,62,80)/t37-,38+,39+,43-,44-,45+,48-,49-,50-,51?,52+,53+/m0/s1. The molecule has 10 amide bonds. The first-order chi connectivity index (χ1) is 39.6. The average Bonchev–Trinajstić information content (AvgIpc) is 4.16. The molecule has 470 valence electrons. The van der Waals surface area contributed by atoms with E-state index in [9.17, 15) is 53.4 Å². The van der Waals surface area contributed by atoms with Crippen LogP contribution in [-0.4, -0.2) is 181 Å². The number of likely N-dealkylation sites (tertiary alicyclic amines) is 1. The van der Waals surface area contributed by atoms with Gasteiger partial charge in [0.05, 0.1) is 48.8 Å². The maximum Gasteiger partial charge on any atom is 0.410 e. The number of likely N-dealkylation sites (N-methyl/N-ethyl adjacent to an activating group) is 2. The average molecular weight is 1180 g/mol. The zero-order valence-corrected chi connectivity index (χ0v) is 51.6. The van der Waals surface area contributed by atoms with Gasteiger partial charge in [0, 0.05) is 47.1 Å². The highest BCUT2D eigenvalue weighted by Gasteiger charge is 2.44. The number of carbonyl (C=O) groups is 9. The number of nitrogens with two attached hydrogens (primary N) is 1. The lowest BCUT2D eigenvalue weighted by Gasteiger charge is -2.41. The summed E-state index contributed by atoms with van der Waals surface area (Å²) in [6.45, 7) is 17.4. The third-order valence-electron chi connectivity index (χ3n) is 15.7. The Bertz CT molecular complexity index is 2470. The zero-order valence-electron chi connectivity index (χ0n) is 51.6. The van der Waals surface area contributed by atoms with Crippen LogP contribution in [0.4, 0.5) is 15.3 Å². The fraction of sp³-hybridized carbons (Fsp3) is 0.650. The number of nitrogens with zero attached hydrogens (tertiary/aromatic N) is 3. The lowest BCUT2D eigenvalue weighted by molar-refractivity contribution is -0.148. The van der Waals surface area contributed by atoms with E-state index < -0.39 is 133 Å². The van der Waals surface area contributed by atoms with Gasteiger partial charge in [-0.1, -0.05) is 111 Å². The van der Waals surface area contributed by atoms with Crippen LogP contribution in [0.25, 0.3) is 0 Å². The topological polar surface area (TPSA) is 330 Å². The summed E-state index contributed by atoms with van der Waals surface area (Å²) in [4.78, 5) is 125. The fourth-order valence-electron chi connectivity index (χ4n) is 10.7. The molecule has 1 saturated heterocycles. The molecule has 10 N–H and O–H groups in total. The lowest BCUT2D eigenvalue weighted by Crippen LogP contribution is -2.60. The number of carbonyl (C=O) groups excluding carboxylic acids is 9. The van der Waals surface area contributed by atoms with Crippen molar-refractivity contribution in [2.45, 2.75) is 175 Å². The predicted molar refractivity (Wildman–Crippen MR) is 316 cm³/mol. The number of aliphatic hydroxyl groups excluding tert-OH is 2. The Morgan fingerprint density at radius 3 is 1.93 bits per heavy atom. The van der Waals surface area contributed by atoms with Gasteiger partial charge in [0.25, 0.3) is 0 Å². The van der Waals surface area contributed by atoms with E-state index in [1.54, 1.807) is 109 Å². The summed E-state index contributed by atoms with van der Waals surface area (Å²) in [7, 11) is 6.08.